The number of nitrogens with zero attached hydrogens (tertiary/aromatic N) is 1. The molecule has 0 spiro atoms. The van der Waals surface area contributed by atoms with E-state index in [1.54, 1.807) is 24.3 Å². The molecule has 1 heterocycles. The Kier molecular flexibility index (Phi) is 5.18. The standard InChI is InChI=1S/C19H22N2O4S/c1-14(22)15-6-5-7-17(12-15)26(23,24)20-18-13-16(8-9-19(18)25-2)21-10-3-4-11-21/h5-9,12-13,20H,3-4,10-11H2,1-2H3. The van der Waals surface area contributed by atoms with Gasteiger partial charge in [-0.15, -0.1) is 0 Å². The van der Waals surface area contributed by atoms with E-state index in [-0.39, 0.29) is 10.7 Å². The molecule has 26 heavy (non-hydrogen) atoms. The summed E-state index contributed by atoms with van der Waals surface area (Å²) in [6, 6.07) is 11.5. The van der Waals surface area contributed by atoms with Gasteiger partial charge in [0.15, 0.2) is 5.78 Å². The van der Waals surface area contributed by atoms with Gasteiger partial charge in [0.05, 0.1) is 17.7 Å². The normalized spacial score (nSPS) is 14.3. The van der Waals surface area contributed by atoms with Crippen molar-refractivity contribution in [3.8, 4) is 5.75 Å². The Morgan fingerprint density at radius 2 is 1.85 bits per heavy atom. The molecule has 1 aliphatic rings. The number of methoxy groups -OCH3 is 1. The third-order valence-corrected chi connectivity index (χ3v) is 5.81. The zero-order chi connectivity index (χ0) is 18.7. The molecule has 2 aromatic rings. The number of Topliss-reactive ketones (excluding diaryl/α,β-unsaturated/α-hetero) is 1. The van der Waals surface area contributed by atoms with Crippen molar-refractivity contribution in [2.24, 2.45) is 0 Å². The third-order valence-electron chi connectivity index (χ3n) is 4.45. The number of carbonyl (C=O) groups is 1. The highest BCUT2D eigenvalue weighted by atomic mass is 32.2. The van der Waals surface area contributed by atoms with Crippen molar-refractivity contribution in [1.82, 2.24) is 0 Å². The second-order valence-corrected chi connectivity index (χ2v) is 7.95. The molecule has 2 aromatic carbocycles. The van der Waals surface area contributed by atoms with Gasteiger partial charge in [0.1, 0.15) is 5.75 Å². The van der Waals surface area contributed by atoms with Crippen LogP contribution in [0.3, 0.4) is 0 Å². The van der Waals surface area contributed by atoms with Crippen LogP contribution < -0.4 is 14.4 Å². The number of nitrogens with one attached hydrogen (secondary N) is 1. The van der Waals surface area contributed by atoms with Crippen LogP contribution in [0.1, 0.15) is 30.1 Å². The van der Waals surface area contributed by atoms with Gasteiger partial charge in [-0.25, -0.2) is 8.42 Å². The highest BCUT2D eigenvalue weighted by Gasteiger charge is 2.20. The summed E-state index contributed by atoms with van der Waals surface area (Å²) in [5.74, 6) is 0.259. The van der Waals surface area contributed by atoms with E-state index in [9.17, 15) is 13.2 Å². The highest BCUT2D eigenvalue weighted by molar-refractivity contribution is 7.92. The molecule has 1 N–H and O–H groups in total. The topological polar surface area (TPSA) is 75.7 Å². The SMILES string of the molecule is COc1ccc(N2CCCC2)cc1NS(=O)(=O)c1cccc(C(C)=O)c1. The number of hydrogen-bond donors (Lipinski definition) is 1. The van der Waals surface area contributed by atoms with Crippen molar-refractivity contribution < 1.29 is 17.9 Å². The molecule has 0 aliphatic carbocycles. The number of benzene rings is 2. The summed E-state index contributed by atoms with van der Waals surface area (Å²) >= 11 is 0. The molecular weight excluding hydrogens is 352 g/mol. The van der Waals surface area contributed by atoms with Crippen LogP contribution in [0, 0.1) is 0 Å². The fourth-order valence-electron chi connectivity index (χ4n) is 3.03. The van der Waals surface area contributed by atoms with Crippen LogP contribution in [0.25, 0.3) is 0 Å². The van der Waals surface area contributed by atoms with E-state index >= 15 is 0 Å². The van der Waals surface area contributed by atoms with E-state index in [2.05, 4.69) is 9.62 Å². The quantitative estimate of drug-likeness (QED) is 0.785. The van der Waals surface area contributed by atoms with Crippen LogP contribution in [0.4, 0.5) is 11.4 Å². The van der Waals surface area contributed by atoms with Crippen molar-refractivity contribution in [3.05, 3.63) is 48.0 Å². The lowest BCUT2D eigenvalue weighted by Gasteiger charge is -2.20. The molecule has 6 nitrogen and oxygen atoms in total. The van der Waals surface area contributed by atoms with Crippen molar-refractivity contribution in [2.75, 3.05) is 29.8 Å². The Balaban J connectivity index is 1.94. The number of anilines is 2. The van der Waals surface area contributed by atoms with Crippen molar-refractivity contribution in [2.45, 2.75) is 24.7 Å². The number of hydrogen-bond acceptors (Lipinski definition) is 5. The molecule has 0 saturated carbocycles. The molecule has 1 saturated heterocycles. The third kappa shape index (κ3) is 3.83. The summed E-state index contributed by atoms with van der Waals surface area (Å²) in [6.07, 6.45) is 2.26. The lowest BCUT2D eigenvalue weighted by atomic mass is 10.2. The number of sulfonamides is 1. The summed E-state index contributed by atoms with van der Waals surface area (Å²) in [4.78, 5) is 13.8. The van der Waals surface area contributed by atoms with Gasteiger partial charge >= 0.3 is 0 Å². The van der Waals surface area contributed by atoms with Crippen LogP contribution in [0.15, 0.2) is 47.4 Å². The molecule has 1 aliphatic heterocycles. The smallest absolute Gasteiger partial charge is 0.262 e. The first-order chi connectivity index (χ1) is 12.4. The Morgan fingerprint density at radius 1 is 1.12 bits per heavy atom. The minimum absolute atomic E-state index is 0.0406. The number of ether oxygens (including phenoxy) is 1. The predicted molar refractivity (Wildman–Crippen MR) is 102 cm³/mol. The highest BCUT2D eigenvalue weighted by Crippen LogP contribution is 2.32. The first-order valence-corrected chi connectivity index (χ1v) is 9.96. The van der Waals surface area contributed by atoms with Gasteiger partial charge in [0.25, 0.3) is 10.0 Å². The van der Waals surface area contributed by atoms with Crippen molar-refractivity contribution in [1.29, 1.82) is 0 Å². The van der Waals surface area contributed by atoms with Crippen LogP contribution in [-0.4, -0.2) is 34.4 Å². The second kappa shape index (κ2) is 7.37. The lowest BCUT2D eigenvalue weighted by Crippen LogP contribution is -2.19. The van der Waals surface area contributed by atoms with Gasteiger partial charge < -0.3 is 9.64 Å². The van der Waals surface area contributed by atoms with Crippen molar-refractivity contribution in [3.63, 3.8) is 0 Å². The summed E-state index contributed by atoms with van der Waals surface area (Å²) in [6.45, 7) is 3.32. The van der Waals surface area contributed by atoms with E-state index in [0.717, 1.165) is 31.6 Å². The summed E-state index contributed by atoms with van der Waals surface area (Å²) in [5.41, 5.74) is 1.69. The monoisotopic (exact) mass is 374 g/mol. The average Bonchev–Trinajstić information content (AvgIpc) is 3.16. The minimum Gasteiger partial charge on any atom is -0.495 e. The lowest BCUT2D eigenvalue weighted by molar-refractivity contribution is 0.101. The molecule has 1 fully saturated rings. The van der Waals surface area contributed by atoms with Gasteiger partial charge in [0, 0.05) is 24.3 Å². The summed E-state index contributed by atoms with van der Waals surface area (Å²) in [7, 11) is -2.34. The Hall–Kier alpha value is -2.54. The molecule has 0 aromatic heterocycles. The van der Waals surface area contributed by atoms with Crippen molar-refractivity contribution >= 4 is 27.2 Å². The maximum Gasteiger partial charge on any atom is 0.262 e. The van der Waals surface area contributed by atoms with E-state index in [1.165, 1.54) is 26.2 Å². The van der Waals surface area contributed by atoms with E-state index in [1.807, 2.05) is 6.07 Å². The van der Waals surface area contributed by atoms with E-state index in [4.69, 9.17) is 4.74 Å². The second-order valence-electron chi connectivity index (χ2n) is 6.27. The maximum absolute atomic E-state index is 12.8. The predicted octanol–water partition coefficient (Wildman–Crippen LogP) is 3.30. The van der Waals surface area contributed by atoms with Crippen LogP contribution in [-0.2, 0) is 10.0 Å². The van der Waals surface area contributed by atoms with Gasteiger partial charge in [-0.05, 0) is 50.1 Å². The average molecular weight is 374 g/mol. The fraction of sp³-hybridized carbons (Fsp3) is 0.316. The molecule has 0 amide bonds. The van der Waals surface area contributed by atoms with E-state index in [0.29, 0.717) is 17.0 Å². The fourth-order valence-corrected chi connectivity index (χ4v) is 4.14. The number of rotatable bonds is 6. The van der Waals surface area contributed by atoms with Gasteiger partial charge in [-0.2, -0.15) is 0 Å². The van der Waals surface area contributed by atoms with Crippen LogP contribution >= 0.6 is 0 Å². The molecule has 3 rings (SSSR count). The van der Waals surface area contributed by atoms with Gasteiger partial charge in [-0.1, -0.05) is 12.1 Å². The van der Waals surface area contributed by atoms with Gasteiger partial charge in [-0.3, -0.25) is 9.52 Å². The largest absolute Gasteiger partial charge is 0.495 e. The van der Waals surface area contributed by atoms with E-state index < -0.39 is 10.0 Å². The molecule has 0 unspecified atom stereocenters. The van der Waals surface area contributed by atoms with Crippen LogP contribution in [0.5, 0.6) is 5.75 Å². The maximum atomic E-state index is 12.8. The first kappa shape index (κ1) is 18.3. The zero-order valence-corrected chi connectivity index (χ0v) is 15.7. The summed E-state index contributed by atoms with van der Waals surface area (Å²) < 4.78 is 33.5. The van der Waals surface area contributed by atoms with Crippen LogP contribution in [0.2, 0.25) is 0 Å². The van der Waals surface area contributed by atoms with Gasteiger partial charge in [0.2, 0.25) is 0 Å². The molecule has 0 radical (unpaired) electrons. The summed E-state index contributed by atoms with van der Waals surface area (Å²) in [5, 5.41) is 0. The first-order valence-electron chi connectivity index (χ1n) is 8.47. The molecular formula is C19H22N2O4S. The number of ketones is 1. The minimum atomic E-state index is -3.84. The number of carbonyl (C=O) groups excluding carboxylic acids is 1. The molecule has 7 heteroatoms. The Bertz CT molecular complexity index is 919. The Morgan fingerprint density at radius 3 is 2.50 bits per heavy atom. The molecule has 0 bridgehead atoms. The Labute approximate surface area is 153 Å². The molecule has 138 valence electrons. The zero-order valence-electron chi connectivity index (χ0n) is 14.9. The molecule has 0 atom stereocenters.